The van der Waals surface area contributed by atoms with Crippen LogP contribution in [0, 0.1) is 11.3 Å². The number of hydrogen-bond acceptors (Lipinski definition) is 9. The number of hydrogen-bond donors (Lipinski definition) is 1. The van der Waals surface area contributed by atoms with E-state index < -0.39 is 11.9 Å². The fraction of sp³-hybridized carbons (Fsp3) is 0.136. The molecule has 2 aromatic carbocycles. The summed E-state index contributed by atoms with van der Waals surface area (Å²) in [7, 11) is 1.52. The molecule has 1 N–H and O–H groups in total. The summed E-state index contributed by atoms with van der Waals surface area (Å²) in [6.45, 7) is 1.98. The van der Waals surface area contributed by atoms with E-state index in [1.54, 1.807) is 48.5 Å². The maximum atomic E-state index is 12.4. The summed E-state index contributed by atoms with van der Waals surface area (Å²) >= 11 is 2.51. The van der Waals surface area contributed by atoms with Gasteiger partial charge < -0.3 is 9.47 Å². The molecule has 162 valence electrons. The molecule has 0 unspecified atom stereocenters. The summed E-state index contributed by atoms with van der Waals surface area (Å²) in [5.74, 6) is 0.592. The number of methoxy groups -OCH3 is 1. The van der Waals surface area contributed by atoms with Crippen LogP contribution in [-0.2, 0) is 4.79 Å². The number of nitriles is 1. The van der Waals surface area contributed by atoms with Gasteiger partial charge in [0.15, 0.2) is 0 Å². The molecule has 0 atom stereocenters. The Balaban J connectivity index is 1.66. The van der Waals surface area contributed by atoms with Crippen LogP contribution in [0.15, 0.2) is 59.3 Å². The number of aromatic nitrogens is 2. The van der Waals surface area contributed by atoms with Gasteiger partial charge in [-0.3, -0.25) is 10.1 Å². The third kappa shape index (κ3) is 6.16. The Labute approximate surface area is 193 Å². The molecule has 0 spiro atoms. The molecule has 0 saturated heterocycles. The van der Waals surface area contributed by atoms with Crippen molar-refractivity contribution in [2.24, 2.45) is 0 Å². The van der Waals surface area contributed by atoms with Crippen molar-refractivity contribution in [1.82, 2.24) is 9.36 Å². The van der Waals surface area contributed by atoms with Crippen LogP contribution in [0.3, 0.4) is 0 Å². The van der Waals surface area contributed by atoms with E-state index in [-0.39, 0.29) is 5.57 Å². The third-order valence-electron chi connectivity index (χ3n) is 3.97. The molecular formula is C22H18N4O4S2. The summed E-state index contributed by atoms with van der Waals surface area (Å²) in [6.07, 6.45) is 1.44. The predicted molar refractivity (Wildman–Crippen MR) is 123 cm³/mol. The van der Waals surface area contributed by atoms with E-state index in [2.05, 4.69) is 14.7 Å². The van der Waals surface area contributed by atoms with Crippen molar-refractivity contribution in [3.63, 3.8) is 0 Å². The Hall–Kier alpha value is -3.68. The molecule has 0 aliphatic heterocycles. The smallest absolute Gasteiger partial charge is 0.343 e. The van der Waals surface area contributed by atoms with Gasteiger partial charge in [0, 0.05) is 11.5 Å². The Kier molecular flexibility index (Phi) is 7.96. The van der Waals surface area contributed by atoms with E-state index in [1.807, 2.05) is 13.0 Å². The quantitative estimate of drug-likeness (QED) is 0.171. The van der Waals surface area contributed by atoms with Crippen molar-refractivity contribution in [1.29, 1.82) is 5.26 Å². The van der Waals surface area contributed by atoms with Gasteiger partial charge in [-0.25, -0.2) is 4.79 Å². The summed E-state index contributed by atoms with van der Waals surface area (Å²) in [6, 6.07) is 15.0. The van der Waals surface area contributed by atoms with Gasteiger partial charge in [-0.15, -0.1) is 0 Å². The third-order valence-corrected chi connectivity index (χ3v) is 5.45. The fourth-order valence-electron chi connectivity index (χ4n) is 2.48. The van der Waals surface area contributed by atoms with Crippen molar-refractivity contribution >= 4 is 46.4 Å². The minimum Gasteiger partial charge on any atom is -0.497 e. The molecule has 0 fully saturated rings. The molecule has 0 aliphatic rings. The van der Waals surface area contributed by atoms with Crippen LogP contribution in [0.5, 0.6) is 11.5 Å². The highest BCUT2D eigenvalue weighted by Gasteiger charge is 2.13. The van der Waals surface area contributed by atoms with Crippen molar-refractivity contribution < 1.29 is 19.1 Å². The summed E-state index contributed by atoms with van der Waals surface area (Å²) in [5.41, 5.74) is 0.859. The number of ether oxygens (including phenoxy) is 2. The minimum absolute atomic E-state index is 0.0916. The van der Waals surface area contributed by atoms with Gasteiger partial charge >= 0.3 is 5.97 Å². The molecule has 0 radical (unpaired) electrons. The number of anilines is 1. The molecule has 1 amide bonds. The van der Waals surface area contributed by atoms with Gasteiger partial charge in [-0.1, -0.05) is 36.9 Å². The molecule has 3 aromatic rings. The predicted octanol–water partition coefficient (Wildman–Crippen LogP) is 4.42. The van der Waals surface area contributed by atoms with Crippen molar-refractivity contribution in [2.45, 2.75) is 12.1 Å². The highest BCUT2D eigenvalue weighted by Crippen LogP contribution is 2.21. The van der Waals surface area contributed by atoms with Crippen LogP contribution in [0.4, 0.5) is 5.13 Å². The molecule has 1 aromatic heterocycles. The average Bonchev–Trinajstić information content (AvgIpc) is 3.25. The van der Waals surface area contributed by atoms with Crippen molar-refractivity contribution in [3.05, 3.63) is 65.2 Å². The zero-order valence-electron chi connectivity index (χ0n) is 17.2. The second kappa shape index (κ2) is 11.1. The van der Waals surface area contributed by atoms with Crippen molar-refractivity contribution in [3.8, 4) is 17.6 Å². The average molecular weight is 467 g/mol. The van der Waals surface area contributed by atoms with Crippen molar-refractivity contribution in [2.75, 3.05) is 18.2 Å². The lowest BCUT2D eigenvalue weighted by molar-refractivity contribution is -0.112. The Bertz CT molecular complexity index is 1180. The first kappa shape index (κ1) is 23.0. The SMILES string of the molecule is CCSc1nsc(NC(=O)/C(C#N)=C\c2ccc(OC(=O)c3cccc(OC)c3)cc2)n1. The van der Waals surface area contributed by atoms with E-state index >= 15 is 0 Å². The number of esters is 1. The number of thioether (sulfide) groups is 1. The zero-order chi connectivity index (χ0) is 22.9. The second-order valence-electron chi connectivity index (χ2n) is 6.13. The highest BCUT2D eigenvalue weighted by atomic mass is 32.2. The first-order chi connectivity index (χ1) is 15.5. The van der Waals surface area contributed by atoms with Crippen LogP contribution >= 0.6 is 23.3 Å². The van der Waals surface area contributed by atoms with Crippen LogP contribution in [0.1, 0.15) is 22.8 Å². The second-order valence-corrected chi connectivity index (χ2v) is 8.11. The lowest BCUT2D eigenvalue weighted by Gasteiger charge is -2.06. The van der Waals surface area contributed by atoms with E-state index in [1.165, 1.54) is 24.9 Å². The molecule has 1 heterocycles. The lowest BCUT2D eigenvalue weighted by atomic mass is 10.1. The largest absolute Gasteiger partial charge is 0.497 e. The normalized spacial score (nSPS) is 10.8. The minimum atomic E-state index is -0.578. The lowest BCUT2D eigenvalue weighted by Crippen LogP contribution is -2.13. The highest BCUT2D eigenvalue weighted by molar-refractivity contribution is 7.99. The van der Waals surface area contributed by atoms with Gasteiger partial charge in [0.1, 0.15) is 23.1 Å². The first-order valence-electron chi connectivity index (χ1n) is 9.38. The molecule has 10 heteroatoms. The number of carbonyl (C=O) groups is 2. The van der Waals surface area contributed by atoms with Crippen LogP contribution < -0.4 is 14.8 Å². The van der Waals surface area contributed by atoms with E-state index in [9.17, 15) is 14.9 Å². The summed E-state index contributed by atoms with van der Waals surface area (Å²) < 4.78 is 14.6. The standard InChI is InChI=1S/C22H18N4O4S2/c1-3-31-22-25-21(32-26-22)24-19(27)16(13-23)11-14-7-9-17(10-8-14)30-20(28)15-5-4-6-18(12-15)29-2/h4-12H,3H2,1-2H3,(H,24,25,26,27)/b16-11-. The van der Waals surface area contributed by atoms with E-state index in [0.717, 1.165) is 17.3 Å². The molecule has 3 rings (SSSR count). The number of amides is 1. The first-order valence-corrected chi connectivity index (χ1v) is 11.1. The monoisotopic (exact) mass is 466 g/mol. The number of rotatable bonds is 8. The topological polar surface area (TPSA) is 114 Å². The summed E-state index contributed by atoms with van der Waals surface area (Å²) in [4.78, 5) is 28.9. The molecule has 32 heavy (non-hydrogen) atoms. The van der Waals surface area contributed by atoms with Gasteiger partial charge in [-0.05, 0) is 47.7 Å². The van der Waals surface area contributed by atoms with E-state index in [0.29, 0.717) is 32.9 Å². The number of nitrogens with one attached hydrogen (secondary N) is 1. The Morgan fingerprint density at radius 2 is 2.00 bits per heavy atom. The number of carbonyl (C=O) groups excluding carboxylic acids is 2. The zero-order valence-corrected chi connectivity index (χ0v) is 18.8. The van der Waals surface area contributed by atoms with Gasteiger partial charge in [0.25, 0.3) is 5.91 Å². The van der Waals surface area contributed by atoms with Crippen LogP contribution in [-0.4, -0.2) is 34.1 Å². The summed E-state index contributed by atoms with van der Waals surface area (Å²) in [5, 5.41) is 12.9. The molecular weight excluding hydrogens is 448 g/mol. The van der Waals surface area contributed by atoms with E-state index in [4.69, 9.17) is 9.47 Å². The maximum absolute atomic E-state index is 12.4. The molecule has 8 nitrogen and oxygen atoms in total. The maximum Gasteiger partial charge on any atom is 0.343 e. The molecule has 0 aliphatic carbocycles. The van der Waals surface area contributed by atoms with Gasteiger partial charge in [0.05, 0.1) is 12.7 Å². The van der Waals surface area contributed by atoms with Crippen LogP contribution in [0.2, 0.25) is 0 Å². The fourth-order valence-corrected chi connectivity index (χ4v) is 3.74. The van der Waals surface area contributed by atoms with Gasteiger partial charge in [-0.2, -0.15) is 14.6 Å². The van der Waals surface area contributed by atoms with Gasteiger partial charge in [0.2, 0.25) is 10.3 Å². The number of nitrogens with zero attached hydrogens (tertiary/aromatic N) is 3. The van der Waals surface area contributed by atoms with Crippen LogP contribution in [0.25, 0.3) is 6.08 Å². The Morgan fingerprint density at radius 1 is 1.22 bits per heavy atom. The number of benzene rings is 2. The molecule has 0 bridgehead atoms. The Morgan fingerprint density at radius 3 is 2.69 bits per heavy atom. The molecule has 0 saturated carbocycles.